The van der Waals surface area contributed by atoms with Crippen LogP contribution in [-0.2, 0) is 16.2 Å². The van der Waals surface area contributed by atoms with Crippen molar-refractivity contribution in [1.29, 1.82) is 0 Å². The molecule has 0 radical (unpaired) electrons. The summed E-state index contributed by atoms with van der Waals surface area (Å²) in [5.74, 6) is 0.997. The molecule has 0 bridgehead atoms. The maximum absolute atomic E-state index is 8.43. The quantitative estimate of drug-likeness (QED) is 0.518. The molecule has 1 unspecified atom stereocenters. The van der Waals surface area contributed by atoms with Crippen molar-refractivity contribution in [3.05, 3.63) is 65.7 Å². The lowest BCUT2D eigenvalue weighted by Crippen LogP contribution is -2.20. The molecule has 0 heterocycles. The Morgan fingerprint density at radius 1 is 0.875 bits per heavy atom. The Morgan fingerprint density at radius 2 is 1.50 bits per heavy atom. The molecule has 0 spiro atoms. The van der Waals surface area contributed by atoms with E-state index in [1.807, 2.05) is 42.5 Å². The first-order valence-corrected chi connectivity index (χ1v) is 7.62. The minimum atomic E-state index is -0.535. The van der Waals surface area contributed by atoms with E-state index in [0.717, 1.165) is 5.56 Å². The lowest BCUT2D eigenvalue weighted by atomic mass is 10.0. The highest BCUT2D eigenvalue weighted by atomic mass is 17.1. The van der Waals surface area contributed by atoms with Crippen molar-refractivity contribution in [1.82, 2.24) is 0 Å². The van der Waals surface area contributed by atoms with Gasteiger partial charge in [0.05, 0.1) is 0 Å². The van der Waals surface area contributed by atoms with Crippen molar-refractivity contribution < 1.29 is 30.4 Å². The molecule has 0 saturated heterocycles. The molecule has 2 aromatic carbocycles. The predicted octanol–water partition coefficient (Wildman–Crippen LogP) is 4.24. The van der Waals surface area contributed by atoms with Gasteiger partial charge in [-0.1, -0.05) is 56.3 Å². The van der Waals surface area contributed by atoms with Crippen LogP contribution >= 0.6 is 0 Å². The van der Waals surface area contributed by atoms with Crippen molar-refractivity contribution >= 4 is 0 Å². The molecule has 132 valence electrons. The van der Waals surface area contributed by atoms with Crippen molar-refractivity contribution in [2.75, 3.05) is 6.61 Å². The molecule has 1 atom stereocenters. The van der Waals surface area contributed by atoms with Crippen LogP contribution in [0.1, 0.15) is 30.9 Å². The fourth-order valence-corrected chi connectivity index (χ4v) is 2.00. The van der Waals surface area contributed by atoms with E-state index in [-0.39, 0.29) is 6.61 Å². The molecule has 0 aliphatic carbocycles. The van der Waals surface area contributed by atoms with Crippen LogP contribution in [0.2, 0.25) is 0 Å². The van der Waals surface area contributed by atoms with Crippen LogP contribution in [0.15, 0.2) is 54.6 Å². The number of hydrogen-bond acceptors (Lipinski definition) is 6. The molecule has 24 heavy (non-hydrogen) atoms. The Hall–Kier alpha value is -1.96. The van der Waals surface area contributed by atoms with Crippen molar-refractivity contribution in [2.24, 2.45) is 0 Å². The highest BCUT2D eigenvalue weighted by Gasteiger charge is 2.09. The summed E-state index contributed by atoms with van der Waals surface area (Å²) in [6.45, 7) is 4.19. The number of benzene rings is 2. The SMILES string of the molecule is CC(C)c1ccc(OO)cc1.OOCC(Cc1ccccc1)OO. The van der Waals surface area contributed by atoms with Crippen LogP contribution in [0.3, 0.4) is 0 Å². The maximum Gasteiger partial charge on any atom is 0.165 e. The van der Waals surface area contributed by atoms with Gasteiger partial charge in [0.15, 0.2) is 5.75 Å². The summed E-state index contributed by atoms with van der Waals surface area (Å²) in [5.41, 5.74) is 2.25. The van der Waals surface area contributed by atoms with Gasteiger partial charge in [-0.05, 0) is 29.2 Å². The molecule has 2 rings (SSSR count). The van der Waals surface area contributed by atoms with E-state index in [9.17, 15) is 0 Å². The van der Waals surface area contributed by atoms with Gasteiger partial charge in [0.2, 0.25) is 0 Å². The monoisotopic (exact) mass is 336 g/mol. The van der Waals surface area contributed by atoms with Crippen molar-refractivity contribution in [3.63, 3.8) is 0 Å². The van der Waals surface area contributed by atoms with Crippen LogP contribution < -0.4 is 4.89 Å². The molecule has 0 amide bonds. The average molecular weight is 336 g/mol. The zero-order valence-electron chi connectivity index (χ0n) is 13.8. The molecule has 6 heteroatoms. The topological polar surface area (TPSA) is 88.4 Å². The number of rotatable bonds is 7. The first kappa shape index (κ1) is 20.1. The van der Waals surface area contributed by atoms with Gasteiger partial charge in [0.1, 0.15) is 12.7 Å². The third-order valence-electron chi connectivity index (χ3n) is 3.37. The molecule has 2 aromatic rings. The molecule has 0 aliphatic heterocycles. The van der Waals surface area contributed by atoms with Crippen LogP contribution in [0.4, 0.5) is 0 Å². The van der Waals surface area contributed by atoms with E-state index in [4.69, 9.17) is 15.8 Å². The fourth-order valence-electron chi connectivity index (χ4n) is 2.00. The molecule has 0 aliphatic rings. The Morgan fingerprint density at radius 3 is 1.96 bits per heavy atom. The summed E-state index contributed by atoms with van der Waals surface area (Å²) in [5, 5.41) is 24.8. The van der Waals surface area contributed by atoms with E-state index >= 15 is 0 Å². The zero-order chi connectivity index (χ0) is 17.8. The summed E-state index contributed by atoms with van der Waals surface area (Å²) in [6, 6.07) is 16.9. The van der Waals surface area contributed by atoms with Gasteiger partial charge in [-0.2, -0.15) is 0 Å². The van der Waals surface area contributed by atoms with E-state index in [0.29, 0.717) is 18.1 Å². The zero-order valence-corrected chi connectivity index (χ0v) is 13.8. The van der Waals surface area contributed by atoms with Crippen molar-refractivity contribution in [2.45, 2.75) is 32.3 Å². The molecule has 0 fully saturated rings. The van der Waals surface area contributed by atoms with Gasteiger partial charge in [-0.15, -0.1) is 0 Å². The standard InChI is InChI=1S/C9H12O4.C9H12O2/c10-12-7-9(13-11)6-8-4-2-1-3-5-8;1-7(2)8-3-5-9(11-10)6-4-8/h1-5,9-11H,6-7H2;3-7,10H,1-2H3. The Labute approximate surface area is 141 Å². The first-order valence-electron chi connectivity index (χ1n) is 7.62. The maximum atomic E-state index is 8.43. The van der Waals surface area contributed by atoms with Gasteiger partial charge in [0, 0.05) is 6.42 Å². The highest BCUT2D eigenvalue weighted by molar-refractivity contribution is 5.28. The third-order valence-corrected chi connectivity index (χ3v) is 3.37. The third kappa shape index (κ3) is 7.54. The summed E-state index contributed by atoms with van der Waals surface area (Å²) < 4.78 is 0. The Kier molecular flexibility index (Phi) is 9.67. The molecular weight excluding hydrogens is 312 g/mol. The second-order valence-corrected chi connectivity index (χ2v) is 5.53. The summed E-state index contributed by atoms with van der Waals surface area (Å²) in [4.78, 5) is 12.0. The van der Waals surface area contributed by atoms with Crippen molar-refractivity contribution in [3.8, 4) is 5.75 Å². The lowest BCUT2D eigenvalue weighted by molar-refractivity contribution is -0.325. The van der Waals surface area contributed by atoms with Crippen LogP contribution in [-0.4, -0.2) is 28.5 Å². The van der Waals surface area contributed by atoms with Crippen LogP contribution in [0, 0.1) is 0 Å². The number of hydrogen-bond donors (Lipinski definition) is 3. The minimum Gasteiger partial charge on any atom is -0.340 e. The molecule has 6 nitrogen and oxygen atoms in total. The van der Waals surface area contributed by atoms with Crippen LogP contribution in [0.5, 0.6) is 5.75 Å². The lowest BCUT2D eigenvalue weighted by Gasteiger charge is -2.10. The van der Waals surface area contributed by atoms with E-state index < -0.39 is 6.10 Å². The molecule has 3 N–H and O–H groups in total. The second kappa shape index (κ2) is 11.6. The fraction of sp³-hybridized carbons (Fsp3) is 0.333. The first-order chi connectivity index (χ1) is 11.6. The minimum absolute atomic E-state index is 0.0502. The normalized spacial score (nSPS) is 11.6. The van der Waals surface area contributed by atoms with Gasteiger partial charge < -0.3 is 4.89 Å². The van der Waals surface area contributed by atoms with E-state index in [1.54, 1.807) is 12.1 Å². The van der Waals surface area contributed by atoms with Gasteiger partial charge >= 0.3 is 0 Å². The Bertz CT molecular complexity index is 541. The van der Waals surface area contributed by atoms with Gasteiger partial charge in [0.25, 0.3) is 0 Å². The van der Waals surface area contributed by atoms with Gasteiger partial charge in [-0.3, -0.25) is 10.5 Å². The predicted molar refractivity (Wildman–Crippen MR) is 90.0 cm³/mol. The highest BCUT2D eigenvalue weighted by Crippen LogP contribution is 2.17. The second-order valence-electron chi connectivity index (χ2n) is 5.53. The Balaban J connectivity index is 0.000000243. The summed E-state index contributed by atoms with van der Waals surface area (Å²) in [6.07, 6.45) is -0.0369. The molecule has 0 saturated carbocycles. The summed E-state index contributed by atoms with van der Waals surface area (Å²) in [7, 11) is 0. The molecule has 0 aromatic heterocycles. The van der Waals surface area contributed by atoms with E-state index in [1.165, 1.54) is 5.56 Å². The van der Waals surface area contributed by atoms with Crippen LogP contribution in [0.25, 0.3) is 0 Å². The van der Waals surface area contributed by atoms with E-state index in [2.05, 4.69) is 28.5 Å². The molecular formula is C18H24O6. The largest absolute Gasteiger partial charge is 0.340 e. The average Bonchev–Trinajstić information content (AvgIpc) is 2.62. The summed E-state index contributed by atoms with van der Waals surface area (Å²) >= 11 is 0. The van der Waals surface area contributed by atoms with Gasteiger partial charge in [-0.25, -0.2) is 15.0 Å². The smallest absolute Gasteiger partial charge is 0.165 e.